The van der Waals surface area contributed by atoms with Crippen molar-refractivity contribution in [2.75, 3.05) is 0 Å². The zero-order valence-electron chi connectivity index (χ0n) is 22.4. The molecule has 8 bridgehead atoms. The van der Waals surface area contributed by atoms with Gasteiger partial charge in [-0.3, -0.25) is 0 Å². The normalized spacial score (nSPS) is 14.0. The van der Waals surface area contributed by atoms with Crippen molar-refractivity contribution in [1.82, 2.24) is 19.9 Å². The standard InChI is InChI=1S/C31H37N5/c1-16(2)28-20-8-10-22(33-20)29(17(3)4)24-12-14-26(35-24)31(19(7)32)27-15-13-25(36-27)30(18(5)6)23-11-9-21(28)34-23/h8-19,33,36H,32H2,1-7H3. The van der Waals surface area contributed by atoms with Gasteiger partial charge in [-0.25, -0.2) is 9.97 Å². The van der Waals surface area contributed by atoms with Gasteiger partial charge < -0.3 is 15.7 Å². The molecule has 0 aliphatic carbocycles. The van der Waals surface area contributed by atoms with Crippen LogP contribution in [0.3, 0.4) is 0 Å². The van der Waals surface area contributed by atoms with Crippen LogP contribution in [-0.4, -0.2) is 19.9 Å². The van der Waals surface area contributed by atoms with Crippen LogP contribution in [-0.2, 0) is 0 Å². The topological polar surface area (TPSA) is 83.4 Å². The van der Waals surface area contributed by atoms with Crippen LogP contribution >= 0.6 is 0 Å². The molecule has 5 heteroatoms. The van der Waals surface area contributed by atoms with Crippen LogP contribution in [0.2, 0.25) is 0 Å². The average molecular weight is 480 g/mol. The summed E-state index contributed by atoms with van der Waals surface area (Å²) in [7, 11) is 0. The van der Waals surface area contributed by atoms with Gasteiger partial charge in [-0.15, -0.1) is 0 Å². The number of fused-ring (bicyclic) bond motifs is 8. The van der Waals surface area contributed by atoms with Crippen LogP contribution in [0.4, 0.5) is 0 Å². The second kappa shape index (κ2) is 9.21. The van der Waals surface area contributed by atoms with Gasteiger partial charge in [0.15, 0.2) is 0 Å². The summed E-state index contributed by atoms with van der Waals surface area (Å²) in [6.07, 6.45) is 8.54. The second-order valence-corrected chi connectivity index (χ2v) is 10.9. The van der Waals surface area contributed by atoms with Crippen molar-refractivity contribution in [3.8, 4) is 0 Å². The molecular formula is C31H37N5. The number of nitrogens with one attached hydrogen (secondary N) is 2. The maximum atomic E-state index is 6.52. The van der Waals surface area contributed by atoms with E-state index in [2.05, 4.69) is 100 Å². The van der Waals surface area contributed by atoms with Gasteiger partial charge in [-0.1, -0.05) is 41.5 Å². The zero-order chi connectivity index (χ0) is 25.7. The smallest absolute Gasteiger partial charge is 0.0706 e. The Morgan fingerprint density at radius 1 is 0.500 bits per heavy atom. The Kier molecular flexibility index (Phi) is 6.21. The summed E-state index contributed by atoms with van der Waals surface area (Å²) in [6, 6.07) is 8.47. The molecule has 0 radical (unpaired) electrons. The van der Waals surface area contributed by atoms with E-state index in [1.54, 1.807) is 0 Å². The Hall–Kier alpha value is -3.44. The van der Waals surface area contributed by atoms with Gasteiger partial charge in [-0.05, 0) is 73.2 Å². The highest BCUT2D eigenvalue weighted by Crippen LogP contribution is 2.33. The summed E-state index contributed by atoms with van der Waals surface area (Å²) in [5.41, 5.74) is 19.4. The minimum absolute atomic E-state index is 0.174. The SMILES string of the molecule is CC(C)c1c2nc(c(C(C)C)c3ccc([nH]3)c(C(C)N)c3nc(c(C(C)C)c4ccc1[nH]4)C=C3)C=C2. The van der Waals surface area contributed by atoms with Crippen molar-refractivity contribution >= 4 is 46.4 Å². The molecule has 0 spiro atoms. The van der Waals surface area contributed by atoms with Crippen molar-refractivity contribution in [2.45, 2.75) is 72.3 Å². The first-order chi connectivity index (χ1) is 17.2. The third-order valence-corrected chi connectivity index (χ3v) is 7.10. The third-order valence-electron chi connectivity index (χ3n) is 7.10. The molecule has 36 heavy (non-hydrogen) atoms. The zero-order valence-corrected chi connectivity index (χ0v) is 22.4. The van der Waals surface area contributed by atoms with E-state index in [0.717, 1.165) is 50.4 Å². The van der Waals surface area contributed by atoms with E-state index >= 15 is 0 Å². The largest absolute Gasteiger partial charge is 0.355 e. The quantitative estimate of drug-likeness (QED) is 0.244. The van der Waals surface area contributed by atoms with Crippen molar-refractivity contribution in [3.05, 3.63) is 69.3 Å². The molecule has 1 unspecified atom stereocenters. The van der Waals surface area contributed by atoms with Crippen molar-refractivity contribution in [2.24, 2.45) is 5.73 Å². The van der Waals surface area contributed by atoms with Crippen LogP contribution in [0.5, 0.6) is 0 Å². The summed E-state index contributed by atoms with van der Waals surface area (Å²) in [4.78, 5) is 17.7. The fourth-order valence-electron chi connectivity index (χ4n) is 5.59. The Balaban J connectivity index is 2.03. The Morgan fingerprint density at radius 3 is 1.06 bits per heavy atom. The highest BCUT2D eigenvalue weighted by Gasteiger charge is 2.19. The number of aromatic amines is 2. The Morgan fingerprint density at radius 2 is 0.778 bits per heavy atom. The highest BCUT2D eigenvalue weighted by atomic mass is 14.8. The lowest BCUT2D eigenvalue weighted by Gasteiger charge is -2.10. The second-order valence-electron chi connectivity index (χ2n) is 10.9. The molecule has 5 rings (SSSR count). The number of rotatable bonds is 4. The first kappa shape index (κ1) is 24.3. The van der Waals surface area contributed by atoms with E-state index in [0.29, 0.717) is 17.8 Å². The molecule has 5 nitrogen and oxygen atoms in total. The molecule has 2 aliphatic heterocycles. The number of H-pyrrole nitrogens is 2. The molecule has 0 aromatic carbocycles. The predicted molar refractivity (Wildman–Crippen MR) is 154 cm³/mol. The molecule has 0 amide bonds. The minimum atomic E-state index is -0.174. The van der Waals surface area contributed by atoms with E-state index in [1.165, 1.54) is 16.7 Å². The molecule has 3 aromatic rings. The van der Waals surface area contributed by atoms with E-state index in [1.807, 2.05) is 6.92 Å². The summed E-state index contributed by atoms with van der Waals surface area (Å²) in [6.45, 7) is 15.4. The van der Waals surface area contributed by atoms with E-state index in [-0.39, 0.29) is 6.04 Å². The van der Waals surface area contributed by atoms with Gasteiger partial charge in [0.25, 0.3) is 0 Å². The van der Waals surface area contributed by atoms with Gasteiger partial charge in [0.05, 0.1) is 22.8 Å². The molecule has 1 atom stereocenters. The number of nitrogens with two attached hydrogens (primary N) is 1. The van der Waals surface area contributed by atoms with Crippen LogP contribution < -0.4 is 5.73 Å². The number of aromatic nitrogens is 4. The first-order valence-electron chi connectivity index (χ1n) is 13.1. The number of hydrogen-bond donors (Lipinski definition) is 3. The summed E-state index contributed by atoms with van der Waals surface area (Å²) in [5.74, 6) is 0.902. The molecule has 3 aromatic heterocycles. The maximum absolute atomic E-state index is 6.52. The molecule has 2 aliphatic rings. The minimum Gasteiger partial charge on any atom is -0.355 e. The number of hydrogen-bond acceptors (Lipinski definition) is 3. The maximum Gasteiger partial charge on any atom is 0.0706 e. The molecule has 186 valence electrons. The first-order valence-corrected chi connectivity index (χ1v) is 13.1. The summed E-state index contributed by atoms with van der Waals surface area (Å²) in [5, 5.41) is 0. The molecule has 4 N–H and O–H groups in total. The van der Waals surface area contributed by atoms with Crippen molar-refractivity contribution < 1.29 is 0 Å². The van der Waals surface area contributed by atoms with Gasteiger partial charge >= 0.3 is 0 Å². The van der Waals surface area contributed by atoms with Crippen molar-refractivity contribution in [3.63, 3.8) is 0 Å². The molecular weight excluding hydrogens is 442 g/mol. The average Bonchev–Trinajstić information content (AvgIpc) is 3.57. The predicted octanol–water partition coefficient (Wildman–Crippen LogP) is 8.05. The number of nitrogens with zero attached hydrogens (tertiary/aromatic N) is 2. The molecule has 0 fully saturated rings. The van der Waals surface area contributed by atoms with Crippen LogP contribution in [0, 0.1) is 0 Å². The molecule has 0 saturated carbocycles. The van der Waals surface area contributed by atoms with E-state index < -0.39 is 0 Å². The van der Waals surface area contributed by atoms with Gasteiger partial charge in [-0.2, -0.15) is 0 Å². The third kappa shape index (κ3) is 4.11. The van der Waals surface area contributed by atoms with Crippen LogP contribution in [0.25, 0.3) is 46.4 Å². The summed E-state index contributed by atoms with van der Waals surface area (Å²) < 4.78 is 0. The fourth-order valence-corrected chi connectivity index (χ4v) is 5.59. The fraction of sp³-hybridized carbons (Fsp3) is 0.355. The lowest BCUT2D eigenvalue weighted by atomic mass is 10.0. The Bertz CT molecular complexity index is 1320. The van der Waals surface area contributed by atoms with Gasteiger partial charge in [0.1, 0.15) is 0 Å². The van der Waals surface area contributed by atoms with E-state index in [9.17, 15) is 0 Å². The lowest BCUT2D eigenvalue weighted by Crippen LogP contribution is -2.07. The monoisotopic (exact) mass is 479 g/mol. The Labute approximate surface area is 213 Å². The van der Waals surface area contributed by atoms with Gasteiger partial charge in [0, 0.05) is 50.4 Å². The van der Waals surface area contributed by atoms with E-state index in [4.69, 9.17) is 15.7 Å². The van der Waals surface area contributed by atoms with Crippen molar-refractivity contribution in [1.29, 1.82) is 0 Å². The molecule has 0 saturated heterocycles. The van der Waals surface area contributed by atoms with Crippen LogP contribution in [0.15, 0.2) is 24.3 Å². The van der Waals surface area contributed by atoms with Crippen LogP contribution in [0.1, 0.15) is 117 Å². The summed E-state index contributed by atoms with van der Waals surface area (Å²) >= 11 is 0. The lowest BCUT2D eigenvalue weighted by molar-refractivity contribution is 0.815. The van der Waals surface area contributed by atoms with Gasteiger partial charge in [0.2, 0.25) is 0 Å². The highest BCUT2D eigenvalue weighted by molar-refractivity contribution is 5.84. The molecule has 5 heterocycles.